The second kappa shape index (κ2) is 7.30. The maximum atomic E-state index is 5.18. The molecule has 22 heavy (non-hydrogen) atoms. The molecule has 2 aromatic rings. The first-order valence-electron chi connectivity index (χ1n) is 7.92. The van der Waals surface area contributed by atoms with Crippen molar-refractivity contribution < 1.29 is 9.64 Å². The number of rotatable bonds is 6. The zero-order valence-electron chi connectivity index (χ0n) is 13.2. The van der Waals surface area contributed by atoms with Crippen LogP contribution in [0, 0.1) is 5.92 Å². The molecule has 0 aromatic carbocycles. The molecule has 3 atom stereocenters. The highest BCUT2D eigenvalue weighted by molar-refractivity contribution is 7.10. The van der Waals surface area contributed by atoms with E-state index in [0.29, 0.717) is 13.2 Å². The molecule has 0 spiro atoms. The molecule has 0 saturated carbocycles. The van der Waals surface area contributed by atoms with Crippen LogP contribution in [0.25, 0.3) is 0 Å². The number of likely N-dealkylation sites (tertiary alicyclic amines) is 1. The Morgan fingerprint density at radius 2 is 2.45 bits per heavy atom. The van der Waals surface area contributed by atoms with Crippen LogP contribution in [0.3, 0.4) is 0 Å². The molecule has 1 saturated heterocycles. The molecule has 7 heteroatoms. The maximum absolute atomic E-state index is 5.18. The minimum atomic E-state index is 0.231. The number of ether oxygens (including phenoxy) is 1. The third-order valence-corrected chi connectivity index (χ3v) is 5.30. The van der Waals surface area contributed by atoms with Crippen LogP contribution in [0.1, 0.15) is 36.5 Å². The van der Waals surface area contributed by atoms with E-state index in [1.54, 1.807) is 23.3 Å². The summed E-state index contributed by atoms with van der Waals surface area (Å²) < 4.78 is 7.09. The zero-order valence-corrected chi connectivity index (χ0v) is 14.1. The summed E-state index contributed by atoms with van der Waals surface area (Å²) in [7, 11) is 1.71. The monoisotopic (exact) mass is 322 g/mol. The van der Waals surface area contributed by atoms with Crippen molar-refractivity contribution in [3.63, 3.8) is 0 Å². The maximum Gasteiger partial charge on any atom is 0.215 e. The van der Waals surface area contributed by atoms with Crippen LogP contribution in [0.5, 0.6) is 0 Å². The molecule has 1 fully saturated rings. The first kappa shape index (κ1) is 15.6. The van der Waals surface area contributed by atoms with Gasteiger partial charge in [0.15, 0.2) is 6.04 Å². The van der Waals surface area contributed by atoms with E-state index < -0.39 is 0 Å². The van der Waals surface area contributed by atoms with Crippen molar-refractivity contribution in [1.82, 2.24) is 20.2 Å². The quantitative estimate of drug-likeness (QED) is 0.854. The second-order valence-electron chi connectivity index (χ2n) is 6.06. The van der Waals surface area contributed by atoms with Gasteiger partial charge in [-0.2, -0.15) is 0 Å². The van der Waals surface area contributed by atoms with Crippen molar-refractivity contribution in [2.45, 2.75) is 32.4 Å². The summed E-state index contributed by atoms with van der Waals surface area (Å²) in [5.74, 6) is 1.72. The SMILES string of the molecule is COCCn1nnnc1[C@H](c1cccs1)[NH+]1CCC[C@@H](C)C1. The molecule has 0 aliphatic carbocycles. The van der Waals surface area contributed by atoms with Crippen molar-refractivity contribution in [2.75, 3.05) is 26.8 Å². The molecule has 3 heterocycles. The van der Waals surface area contributed by atoms with Gasteiger partial charge in [0.2, 0.25) is 5.82 Å². The summed E-state index contributed by atoms with van der Waals surface area (Å²) in [5.41, 5.74) is 0. The van der Waals surface area contributed by atoms with Gasteiger partial charge in [0.1, 0.15) is 0 Å². The summed E-state index contributed by atoms with van der Waals surface area (Å²) >= 11 is 1.80. The fourth-order valence-corrected chi connectivity index (χ4v) is 4.19. The molecule has 6 nitrogen and oxygen atoms in total. The summed E-state index contributed by atoms with van der Waals surface area (Å²) in [6.45, 7) is 6.03. The van der Waals surface area contributed by atoms with E-state index >= 15 is 0 Å². The molecule has 3 rings (SSSR count). The predicted octanol–water partition coefficient (Wildman–Crippen LogP) is 0.785. The smallest absolute Gasteiger partial charge is 0.215 e. The largest absolute Gasteiger partial charge is 0.383 e. The molecule has 0 radical (unpaired) electrons. The van der Waals surface area contributed by atoms with Crippen molar-refractivity contribution in [3.8, 4) is 0 Å². The van der Waals surface area contributed by atoms with Crippen LogP contribution >= 0.6 is 11.3 Å². The molecule has 0 amide bonds. The molecular weight excluding hydrogens is 298 g/mol. The van der Waals surface area contributed by atoms with Crippen LogP contribution in [-0.4, -0.2) is 47.0 Å². The van der Waals surface area contributed by atoms with Crippen molar-refractivity contribution in [1.29, 1.82) is 0 Å². The Labute approximate surface area is 135 Å². The minimum absolute atomic E-state index is 0.231. The predicted molar refractivity (Wildman–Crippen MR) is 84.9 cm³/mol. The summed E-state index contributed by atoms with van der Waals surface area (Å²) in [6, 6.07) is 4.55. The van der Waals surface area contributed by atoms with E-state index in [1.165, 1.54) is 30.8 Å². The van der Waals surface area contributed by atoms with Gasteiger partial charge in [-0.15, -0.1) is 16.4 Å². The number of nitrogens with one attached hydrogen (secondary N) is 1. The number of hydrogen-bond acceptors (Lipinski definition) is 5. The van der Waals surface area contributed by atoms with E-state index in [1.807, 2.05) is 4.68 Å². The standard InChI is InChI=1S/C15H23N5OS/c1-12-5-3-7-19(11-12)14(13-6-4-10-22-13)15-16-17-18-20(15)8-9-21-2/h4,6,10,12,14H,3,5,7-9,11H2,1-2H3/p+1/t12-,14+/m1/s1. The number of quaternary nitrogens is 1. The normalized spacial score (nSPS) is 23.5. The highest BCUT2D eigenvalue weighted by Gasteiger charge is 2.34. The first-order chi connectivity index (χ1) is 10.8. The Hall–Kier alpha value is -1.31. The van der Waals surface area contributed by atoms with Crippen molar-refractivity contribution in [3.05, 3.63) is 28.2 Å². The van der Waals surface area contributed by atoms with Gasteiger partial charge in [0, 0.05) is 13.0 Å². The Morgan fingerprint density at radius 3 is 3.18 bits per heavy atom. The van der Waals surface area contributed by atoms with Gasteiger partial charge in [-0.1, -0.05) is 13.0 Å². The van der Waals surface area contributed by atoms with Crippen LogP contribution in [-0.2, 0) is 11.3 Å². The van der Waals surface area contributed by atoms with Crippen LogP contribution < -0.4 is 4.90 Å². The number of hydrogen-bond donors (Lipinski definition) is 1. The average molecular weight is 322 g/mol. The highest BCUT2D eigenvalue weighted by Crippen LogP contribution is 2.23. The minimum Gasteiger partial charge on any atom is -0.383 e. The number of tetrazole rings is 1. The molecule has 2 aromatic heterocycles. The number of thiophene rings is 1. The van der Waals surface area contributed by atoms with E-state index in [2.05, 4.69) is 40.0 Å². The number of methoxy groups -OCH3 is 1. The third kappa shape index (κ3) is 3.37. The van der Waals surface area contributed by atoms with Gasteiger partial charge in [-0.25, -0.2) is 4.68 Å². The Kier molecular flexibility index (Phi) is 5.17. The molecule has 1 aliphatic rings. The number of aromatic nitrogens is 4. The topological polar surface area (TPSA) is 57.3 Å². The fourth-order valence-electron chi connectivity index (χ4n) is 3.31. The van der Waals surface area contributed by atoms with Crippen molar-refractivity contribution >= 4 is 11.3 Å². The number of nitrogens with zero attached hydrogens (tertiary/aromatic N) is 4. The fraction of sp³-hybridized carbons (Fsp3) is 0.667. The Bertz CT molecular complexity index is 570. The van der Waals surface area contributed by atoms with Gasteiger partial charge >= 0.3 is 0 Å². The zero-order chi connectivity index (χ0) is 15.4. The molecular formula is C15H24N5OS+. The van der Waals surface area contributed by atoms with Crippen LogP contribution in [0.2, 0.25) is 0 Å². The molecule has 120 valence electrons. The second-order valence-corrected chi connectivity index (χ2v) is 7.04. The first-order valence-corrected chi connectivity index (χ1v) is 8.80. The average Bonchev–Trinajstić information content (AvgIpc) is 3.18. The van der Waals surface area contributed by atoms with E-state index in [4.69, 9.17) is 4.74 Å². The molecule has 1 unspecified atom stereocenters. The summed E-state index contributed by atoms with van der Waals surface area (Å²) in [4.78, 5) is 2.92. The Morgan fingerprint density at radius 1 is 1.55 bits per heavy atom. The van der Waals surface area contributed by atoms with Gasteiger partial charge in [-0.3, -0.25) is 0 Å². The van der Waals surface area contributed by atoms with Crippen molar-refractivity contribution in [2.24, 2.45) is 5.92 Å². The van der Waals surface area contributed by atoms with Gasteiger partial charge < -0.3 is 9.64 Å². The van der Waals surface area contributed by atoms with E-state index in [-0.39, 0.29) is 6.04 Å². The lowest BCUT2D eigenvalue weighted by atomic mass is 9.98. The van der Waals surface area contributed by atoms with Gasteiger partial charge in [0.05, 0.1) is 31.1 Å². The number of piperidine rings is 1. The van der Waals surface area contributed by atoms with E-state index in [9.17, 15) is 0 Å². The summed E-state index contributed by atoms with van der Waals surface area (Å²) in [5, 5.41) is 14.6. The lowest BCUT2D eigenvalue weighted by molar-refractivity contribution is -0.934. The highest BCUT2D eigenvalue weighted by atomic mass is 32.1. The lowest BCUT2D eigenvalue weighted by Gasteiger charge is -2.33. The van der Waals surface area contributed by atoms with E-state index in [0.717, 1.165) is 11.7 Å². The summed E-state index contributed by atoms with van der Waals surface area (Å²) in [6.07, 6.45) is 2.60. The van der Waals surface area contributed by atoms with Crippen LogP contribution in [0.15, 0.2) is 17.5 Å². The molecule has 0 bridgehead atoms. The molecule has 1 N–H and O–H groups in total. The third-order valence-electron chi connectivity index (χ3n) is 4.37. The van der Waals surface area contributed by atoms with Gasteiger partial charge in [-0.05, 0) is 34.7 Å². The molecule has 1 aliphatic heterocycles. The Balaban J connectivity index is 1.90. The van der Waals surface area contributed by atoms with Gasteiger partial charge in [0.25, 0.3) is 0 Å². The lowest BCUT2D eigenvalue weighted by Crippen LogP contribution is -3.14. The van der Waals surface area contributed by atoms with Crippen LogP contribution in [0.4, 0.5) is 0 Å².